The summed E-state index contributed by atoms with van der Waals surface area (Å²) in [5, 5.41) is 1.09. The number of carbonyl (C=O) groups is 1. The molecule has 0 aromatic heterocycles. The number of aldehydes is 1. The Morgan fingerprint density at radius 3 is 2.72 bits per heavy atom. The predicted octanol–water partition coefficient (Wildman–Crippen LogP) is 1.14. The molecule has 0 radical (unpaired) electrons. The Balaban J connectivity index is 1.73. The van der Waals surface area contributed by atoms with Gasteiger partial charge >= 0.3 is 0 Å². The van der Waals surface area contributed by atoms with E-state index < -0.39 is 0 Å². The highest BCUT2D eigenvalue weighted by Gasteiger charge is 2.28. The van der Waals surface area contributed by atoms with Gasteiger partial charge in [0.1, 0.15) is 12.4 Å². The van der Waals surface area contributed by atoms with E-state index in [1.165, 1.54) is 38.9 Å². The molecule has 0 saturated carbocycles. The number of ether oxygens (including phenoxy) is 1. The lowest BCUT2D eigenvalue weighted by molar-refractivity contribution is -0.125. The molecule has 18 heavy (non-hydrogen) atoms. The molecule has 2 aliphatic heterocycles. The van der Waals surface area contributed by atoms with Gasteiger partial charge in [-0.05, 0) is 38.9 Å². The number of carbonyl (C=O) groups excluding carboxylic acids is 1. The summed E-state index contributed by atoms with van der Waals surface area (Å²) in [6.07, 6.45) is 4.43. The fourth-order valence-electron chi connectivity index (χ4n) is 2.90. The van der Waals surface area contributed by atoms with E-state index in [9.17, 15) is 4.79 Å². The third kappa shape index (κ3) is 4.02. The zero-order valence-corrected chi connectivity index (χ0v) is 12.5. The zero-order valence-electron chi connectivity index (χ0n) is 10.9. The monoisotopic (exact) mass is 318 g/mol. The molecule has 4 nitrogen and oxygen atoms in total. The molecule has 0 spiro atoms. The highest BCUT2D eigenvalue weighted by molar-refractivity contribution is 9.09. The molecule has 0 N–H and O–H groups in total. The number of alkyl halides is 1. The number of rotatable bonds is 5. The molecule has 2 aliphatic rings. The Bertz CT molecular complexity index is 257. The number of morpholine rings is 1. The van der Waals surface area contributed by atoms with Crippen molar-refractivity contribution in [3.8, 4) is 0 Å². The molecule has 0 aliphatic carbocycles. The Morgan fingerprint density at radius 1 is 1.28 bits per heavy atom. The maximum absolute atomic E-state index is 10.8. The molecule has 2 rings (SSSR count). The quantitative estimate of drug-likeness (QED) is 0.562. The van der Waals surface area contributed by atoms with E-state index in [4.69, 9.17) is 4.74 Å². The van der Waals surface area contributed by atoms with Crippen LogP contribution in [0.3, 0.4) is 0 Å². The van der Waals surface area contributed by atoms with Crippen molar-refractivity contribution in [1.29, 1.82) is 0 Å². The normalized spacial score (nSPS) is 28.4. The van der Waals surface area contributed by atoms with Crippen LogP contribution in [0.5, 0.6) is 0 Å². The fourth-order valence-corrected chi connectivity index (χ4v) is 3.15. The molecular formula is C13H23BrN2O2. The lowest BCUT2D eigenvalue weighted by Crippen LogP contribution is -2.52. The molecule has 0 amide bonds. The first-order valence-corrected chi connectivity index (χ1v) is 8.05. The van der Waals surface area contributed by atoms with Crippen molar-refractivity contribution in [3.63, 3.8) is 0 Å². The Labute approximate surface area is 118 Å². The molecule has 1 atom stereocenters. The van der Waals surface area contributed by atoms with Gasteiger partial charge in [0.25, 0.3) is 0 Å². The van der Waals surface area contributed by atoms with Gasteiger partial charge in [0.2, 0.25) is 0 Å². The largest absolute Gasteiger partial charge is 0.368 e. The molecule has 0 aromatic carbocycles. The summed E-state index contributed by atoms with van der Waals surface area (Å²) in [5.41, 5.74) is 0. The van der Waals surface area contributed by atoms with Gasteiger partial charge in [0, 0.05) is 24.5 Å². The summed E-state index contributed by atoms with van der Waals surface area (Å²) in [4.78, 5) is 15.8. The average molecular weight is 319 g/mol. The van der Waals surface area contributed by atoms with E-state index in [0.29, 0.717) is 12.6 Å². The maximum atomic E-state index is 10.8. The van der Waals surface area contributed by atoms with E-state index in [1.54, 1.807) is 0 Å². The first-order valence-electron chi connectivity index (χ1n) is 6.92. The average Bonchev–Trinajstić information content (AvgIpc) is 2.46. The predicted molar refractivity (Wildman–Crippen MR) is 75.3 cm³/mol. The topological polar surface area (TPSA) is 32.8 Å². The van der Waals surface area contributed by atoms with Crippen molar-refractivity contribution >= 4 is 22.2 Å². The van der Waals surface area contributed by atoms with Crippen LogP contribution in [0, 0.1) is 0 Å². The third-order valence-electron chi connectivity index (χ3n) is 3.96. The summed E-state index contributed by atoms with van der Waals surface area (Å²) in [6, 6.07) is 0.650. The van der Waals surface area contributed by atoms with E-state index in [1.807, 2.05) is 0 Å². The Morgan fingerprint density at radius 2 is 2.06 bits per heavy atom. The van der Waals surface area contributed by atoms with Crippen LogP contribution in [-0.2, 0) is 9.53 Å². The van der Waals surface area contributed by atoms with Crippen molar-refractivity contribution in [2.24, 2.45) is 0 Å². The minimum absolute atomic E-state index is 0.204. The van der Waals surface area contributed by atoms with Crippen LogP contribution in [0.4, 0.5) is 0 Å². The number of hydrogen-bond acceptors (Lipinski definition) is 4. The number of hydrogen-bond donors (Lipinski definition) is 0. The Kier molecular flexibility index (Phi) is 6.08. The number of piperidine rings is 1. The molecule has 0 aromatic rings. The van der Waals surface area contributed by atoms with E-state index in [0.717, 1.165) is 24.7 Å². The third-order valence-corrected chi connectivity index (χ3v) is 4.52. The van der Waals surface area contributed by atoms with Gasteiger partial charge < -0.3 is 14.4 Å². The molecule has 2 saturated heterocycles. The van der Waals surface area contributed by atoms with Crippen LogP contribution in [-0.4, -0.2) is 72.9 Å². The van der Waals surface area contributed by atoms with Crippen LogP contribution < -0.4 is 0 Å². The van der Waals surface area contributed by atoms with Gasteiger partial charge in [-0.1, -0.05) is 15.9 Å². The summed E-state index contributed by atoms with van der Waals surface area (Å²) in [5.74, 6) is 0. The summed E-state index contributed by atoms with van der Waals surface area (Å²) in [6.45, 7) is 6.07. The molecule has 2 heterocycles. The van der Waals surface area contributed by atoms with Gasteiger partial charge in [-0.15, -0.1) is 0 Å². The van der Waals surface area contributed by atoms with Crippen LogP contribution in [0.25, 0.3) is 0 Å². The minimum Gasteiger partial charge on any atom is -0.368 e. The number of likely N-dealkylation sites (tertiary alicyclic amines) is 1. The van der Waals surface area contributed by atoms with Crippen LogP contribution in [0.15, 0.2) is 0 Å². The highest BCUT2D eigenvalue weighted by atomic mass is 79.9. The highest BCUT2D eigenvalue weighted by Crippen LogP contribution is 2.19. The second-order valence-corrected chi connectivity index (χ2v) is 5.95. The lowest BCUT2D eigenvalue weighted by Gasteiger charge is -2.41. The Hall–Kier alpha value is 0.0300. The lowest BCUT2D eigenvalue weighted by atomic mass is 10.0. The zero-order chi connectivity index (χ0) is 12.8. The molecule has 0 bridgehead atoms. The number of nitrogens with zero attached hydrogens (tertiary/aromatic N) is 2. The van der Waals surface area contributed by atoms with Gasteiger partial charge in [-0.25, -0.2) is 0 Å². The maximum Gasteiger partial charge on any atom is 0.150 e. The molecule has 2 fully saturated rings. The van der Waals surface area contributed by atoms with Crippen molar-refractivity contribution in [1.82, 2.24) is 9.80 Å². The first kappa shape index (κ1) is 14.4. The fraction of sp³-hybridized carbons (Fsp3) is 0.923. The van der Waals surface area contributed by atoms with Crippen molar-refractivity contribution in [3.05, 3.63) is 0 Å². The minimum atomic E-state index is -0.204. The second-order valence-electron chi connectivity index (χ2n) is 5.16. The molecule has 5 heteroatoms. The number of halogens is 1. The summed E-state index contributed by atoms with van der Waals surface area (Å²) < 4.78 is 5.40. The van der Waals surface area contributed by atoms with E-state index >= 15 is 0 Å². The van der Waals surface area contributed by atoms with Gasteiger partial charge in [-0.3, -0.25) is 4.90 Å². The van der Waals surface area contributed by atoms with Crippen molar-refractivity contribution in [2.45, 2.75) is 31.4 Å². The smallest absolute Gasteiger partial charge is 0.150 e. The SMILES string of the molecule is O=CC1CN(C2CCN(CCCBr)CC2)CCO1. The van der Waals surface area contributed by atoms with Crippen LogP contribution in [0.1, 0.15) is 19.3 Å². The van der Waals surface area contributed by atoms with Crippen LogP contribution in [0.2, 0.25) is 0 Å². The van der Waals surface area contributed by atoms with Crippen LogP contribution >= 0.6 is 15.9 Å². The standard InChI is InChI=1S/C13H23BrN2O2/c14-4-1-5-15-6-2-12(3-7-15)16-8-9-18-13(10-16)11-17/h11-13H,1-10H2. The van der Waals surface area contributed by atoms with Gasteiger partial charge in [-0.2, -0.15) is 0 Å². The van der Waals surface area contributed by atoms with E-state index in [-0.39, 0.29) is 6.10 Å². The molecular weight excluding hydrogens is 296 g/mol. The van der Waals surface area contributed by atoms with E-state index in [2.05, 4.69) is 25.7 Å². The summed E-state index contributed by atoms with van der Waals surface area (Å²) in [7, 11) is 0. The first-order chi connectivity index (χ1) is 8.83. The second kappa shape index (κ2) is 7.58. The summed E-state index contributed by atoms with van der Waals surface area (Å²) >= 11 is 3.48. The van der Waals surface area contributed by atoms with Gasteiger partial charge in [0.05, 0.1) is 6.61 Å². The molecule has 1 unspecified atom stereocenters. The van der Waals surface area contributed by atoms with Crippen molar-refractivity contribution in [2.75, 3.05) is 44.7 Å². The van der Waals surface area contributed by atoms with Crippen molar-refractivity contribution < 1.29 is 9.53 Å². The molecule has 104 valence electrons. The van der Waals surface area contributed by atoms with Gasteiger partial charge in [0.15, 0.2) is 0 Å².